The Morgan fingerprint density at radius 3 is 2.86 bits per heavy atom. The molecule has 0 N–H and O–H groups in total. The van der Waals surface area contributed by atoms with Crippen molar-refractivity contribution in [2.24, 2.45) is 11.0 Å². The van der Waals surface area contributed by atoms with Crippen molar-refractivity contribution >= 4 is 39.7 Å². The summed E-state index contributed by atoms with van der Waals surface area (Å²) >= 11 is 8.94. The lowest BCUT2D eigenvalue weighted by Crippen LogP contribution is -2.34. The van der Waals surface area contributed by atoms with Gasteiger partial charge in [0.1, 0.15) is 6.67 Å². The monoisotopic (exact) mass is 377 g/mol. The Morgan fingerprint density at radius 2 is 2.29 bits per heavy atom. The zero-order valence-corrected chi connectivity index (χ0v) is 14.3. The lowest BCUT2D eigenvalue weighted by Gasteiger charge is -2.24. The number of rotatable bonds is 4. The van der Waals surface area contributed by atoms with Gasteiger partial charge in [-0.15, -0.1) is 11.6 Å². The maximum absolute atomic E-state index is 12.8. The lowest BCUT2D eigenvalue weighted by molar-refractivity contribution is -0.137. The zero-order valence-electron chi connectivity index (χ0n) is 12.0. The molecule has 1 amide bonds. The second-order valence-corrected chi connectivity index (χ2v) is 5.40. The van der Waals surface area contributed by atoms with Crippen molar-refractivity contribution in [1.29, 1.82) is 0 Å². The van der Waals surface area contributed by atoms with Crippen LogP contribution in [0.25, 0.3) is 0 Å². The van der Waals surface area contributed by atoms with Crippen LogP contribution in [0.5, 0.6) is 0 Å². The molecule has 116 valence electrons. The Balaban J connectivity index is 0.00000106. The van der Waals surface area contributed by atoms with Crippen LogP contribution in [0.2, 0.25) is 0 Å². The molecule has 1 aromatic rings. The molecule has 7 heteroatoms. The number of hydrazone groups is 1. The number of amides is 1. The van der Waals surface area contributed by atoms with E-state index < -0.39 is 18.5 Å². The van der Waals surface area contributed by atoms with E-state index in [1.54, 1.807) is 18.6 Å². The number of alkyl halides is 2. The fourth-order valence-corrected chi connectivity index (χ4v) is 2.47. The maximum Gasteiger partial charge on any atom is 0.250 e. The minimum absolute atomic E-state index is 0.0508. The quantitative estimate of drug-likeness (QED) is 0.745. The number of halogens is 3. The molecule has 0 bridgehead atoms. The smallest absolute Gasteiger partial charge is 0.250 e. The van der Waals surface area contributed by atoms with Crippen LogP contribution in [-0.4, -0.2) is 34.7 Å². The molecule has 1 aromatic heterocycles. The highest BCUT2D eigenvalue weighted by Crippen LogP contribution is 2.30. The molecular formula is C14H18BrClFN3O. The van der Waals surface area contributed by atoms with Gasteiger partial charge in [-0.3, -0.25) is 14.2 Å². The molecular weight excluding hydrogens is 361 g/mol. The van der Waals surface area contributed by atoms with Crippen LogP contribution in [0.1, 0.15) is 31.9 Å². The van der Waals surface area contributed by atoms with E-state index in [1.165, 1.54) is 5.01 Å². The van der Waals surface area contributed by atoms with Crippen molar-refractivity contribution in [3.8, 4) is 0 Å². The maximum atomic E-state index is 12.8. The molecule has 0 spiro atoms. The first kappa shape index (κ1) is 18.0. The summed E-state index contributed by atoms with van der Waals surface area (Å²) in [6, 6.07) is 1.63. The third-order valence-corrected chi connectivity index (χ3v) is 3.69. The van der Waals surface area contributed by atoms with E-state index >= 15 is 0 Å². The number of hydrogen-bond donors (Lipinski definition) is 0. The van der Waals surface area contributed by atoms with E-state index in [2.05, 4.69) is 26.0 Å². The highest BCUT2D eigenvalue weighted by Gasteiger charge is 2.32. The summed E-state index contributed by atoms with van der Waals surface area (Å²) in [4.78, 5) is 16.2. The molecule has 4 nitrogen and oxygen atoms in total. The molecule has 1 aliphatic rings. The Labute approximate surface area is 137 Å². The summed E-state index contributed by atoms with van der Waals surface area (Å²) in [6.45, 7) is 3.22. The van der Waals surface area contributed by atoms with Crippen molar-refractivity contribution < 1.29 is 9.18 Å². The SMILES string of the molecule is CC.O=C(C(CF)CCl)N1N=CCC1c1cncc(Br)c1. The zero-order chi connectivity index (χ0) is 15.8. The van der Waals surface area contributed by atoms with Gasteiger partial charge in [0.25, 0.3) is 0 Å². The highest BCUT2D eigenvalue weighted by molar-refractivity contribution is 9.10. The first-order valence-corrected chi connectivity index (χ1v) is 8.08. The van der Waals surface area contributed by atoms with E-state index in [0.29, 0.717) is 6.42 Å². The standard InChI is InChI=1S/C12H12BrClFN3O.C2H6/c13-10-3-8(6-16-7-10)11-1-2-17-18(11)12(19)9(4-14)5-15;1-2/h2-3,6-7,9,11H,1,4-5H2;1-2H3. The minimum atomic E-state index is -0.848. The van der Waals surface area contributed by atoms with Crippen molar-refractivity contribution in [1.82, 2.24) is 9.99 Å². The second kappa shape index (κ2) is 9.10. The van der Waals surface area contributed by atoms with Gasteiger partial charge < -0.3 is 0 Å². The van der Waals surface area contributed by atoms with Crippen LogP contribution >= 0.6 is 27.5 Å². The molecule has 0 radical (unpaired) electrons. The first-order chi connectivity index (χ1) is 10.2. The summed E-state index contributed by atoms with van der Waals surface area (Å²) in [7, 11) is 0. The largest absolute Gasteiger partial charge is 0.272 e. The van der Waals surface area contributed by atoms with E-state index in [0.717, 1.165) is 10.0 Å². The van der Waals surface area contributed by atoms with Crippen molar-refractivity contribution in [3.05, 3.63) is 28.5 Å². The van der Waals surface area contributed by atoms with Gasteiger partial charge in [-0.1, -0.05) is 13.8 Å². The van der Waals surface area contributed by atoms with E-state index in [-0.39, 0.29) is 11.9 Å². The van der Waals surface area contributed by atoms with Gasteiger partial charge >= 0.3 is 0 Å². The molecule has 0 aromatic carbocycles. The summed E-state index contributed by atoms with van der Waals surface area (Å²) in [5, 5.41) is 5.33. The van der Waals surface area contributed by atoms with Crippen molar-refractivity contribution in [3.63, 3.8) is 0 Å². The molecule has 0 saturated heterocycles. The summed E-state index contributed by atoms with van der Waals surface area (Å²) in [5.74, 6) is -1.29. The second-order valence-electron chi connectivity index (χ2n) is 4.17. The summed E-state index contributed by atoms with van der Waals surface area (Å²) in [5.41, 5.74) is 0.854. The molecule has 0 saturated carbocycles. The van der Waals surface area contributed by atoms with Crippen molar-refractivity contribution in [2.75, 3.05) is 12.6 Å². The highest BCUT2D eigenvalue weighted by atomic mass is 79.9. The average molecular weight is 379 g/mol. The van der Waals surface area contributed by atoms with Crippen LogP contribution in [-0.2, 0) is 4.79 Å². The van der Waals surface area contributed by atoms with E-state index in [4.69, 9.17) is 11.6 Å². The summed E-state index contributed by atoms with van der Waals surface area (Å²) in [6.07, 6.45) is 5.57. The molecule has 2 heterocycles. The first-order valence-electron chi connectivity index (χ1n) is 6.75. The van der Waals surface area contributed by atoms with Gasteiger partial charge in [0, 0.05) is 35.4 Å². The third-order valence-electron chi connectivity index (χ3n) is 2.89. The molecule has 2 unspecified atom stereocenters. The summed E-state index contributed by atoms with van der Waals surface area (Å²) < 4.78 is 13.6. The van der Waals surface area contributed by atoms with Gasteiger partial charge in [-0.2, -0.15) is 5.10 Å². The Kier molecular flexibility index (Phi) is 7.82. The molecule has 1 aliphatic heterocycles. The topological polar surface area (TPSA) is 45.6 Å². The Hall–Kier alpha value is -1.01. The van der Waals surface area contributed by atoms with Crippen LogP contribution in [0.15, 0.2) is 28.0 Å². The van der Waals surface area contributed by atoms with Crippen LogP contribution in [0.4, 0.5) is 4.39 Å². The Bertz CT molecular complexity index is 497. The molecule has 0 aliphatic carbocycles. The molecule has 2 atom stereocenters. The molecule has 21 heavy (non-hydrogen) atoms. The lowest BCUT2D eigenvalue weighted by atomic mass is 10.1. The fraction of sp³-hybridized carbons (Fsp3) is 0.500. The number of nitrogens with zero attached hydrogens (tertiary/aromatic N) is 3. The van der Waals surface area contributed by atoms with Crippen LogP contribution in [0.3, 0.4) is 0 Å². The number of hydrogen-bond acceptors (Lipinski definition) is 3. The third kappa shape index (κ3) is 4.48. The molecule has 2 rings (SSSR count). The van der Waals surface area contributed by atoms with Gasteiger partial charge in [0.05, 0.1) is 12.0 Å². The van der Waals surface area contributed by atoms with E-state index in [1.807, 2.05) is 19.9 Å². The van der Waals surface area contributed by atoms with Gasteiger partial charge in [-0.25, -0.2) is 5.01 Å². The number of carbonyl (C=O) groups is 1. The molecule has 0 fully saturated rings. The van der Waals surface area contributed by atoms with Gasteiger partial charge in [0.15, 0.2) is 0 Å². The fourth-order valence-electron chi connectivity index (χ4n) is 1.87. The van der Waals surface area contributed by atoms with Crippen LogP contribution < -0.4 is 0 Å². The number of carbonyl (C=O) groups excluding carboxylic acids is 1. The van der Waals surface area contributed by atoms with Gasteiger partial charge in [-0.05, 0) is 27.6 Å². The van der Waals surface area contributed by atoms with Crippen molar-refractivity contribution in [2.45, 2.75) is 26.3 Å². The predicted molar refractivity (Wildman–Crippen MR) is 86.2 cm³/mol. The predicted octanol–water partition coefficient (Wildman–Crippen LogP) is 3.95. The number of pyridine rings is 1. The normalized spacial score (nSPS) is 18.1. The van der Waals surface area contributed by atoms with Crippen LogP contribution in [0, 0.1) is 5.92 Å². The van der Waals surface area contributed by atoms with E-state index in [9.17, 15) is 9.18 Å². The minimum Gasteiger partial charge on any atom is -0.272 e. The van der Waals surface area contributed by atoms with Gasteiger partial charge in [0.2, 0.25) is 5.91 Å². The number of aromatic nitrogens is 1. The Morgan fingerprint density at radius 1 is 1.57 bits per heavy atom. The average Bonchev–Trinajstić information content (AvgIpc) is 3.00.